The van der Waals surface area contributed by atoms with Crippen molar-refractivity contribution in [2.75, 3.05) is 5.32 Å². The monoisotopic (exact) mass is 263 g/mol. The first-order valence-electron chi connectivity index (χ1n) is 7.20. The fourth-order valence-electron chi connectivity index (χ4n) is 2.91. The number of hydrogen-bond acceptors (Lipinski definition) is 1. The number of halogens is 1. The van der Waals surface area contributed by atoms with Crippen molar-refractivity contribution in [3.8, 4) is 0 Å². The number of benzene rings is 1. The smallest absolute Gasteiger partial charge is 0.224 e. The van der Waals surface area contributed by atoms with Crippen molar-refractivity contribution in [2.45, 2.75) is 45.4 Å². The van der Waals surface area contributed by atoms with Gasteiger partial charge in [0.25, 0.3) is 0 Å². The van der Waals surface area contributed by atoms with E-state index in [9.17, 15) is 9.18 Å². The van der Waals surface area contributed by atoms with Crippen molar-refractivity contribution in [1.82, 2.24) is 0 Å². The maximum Gasteiger partial charge on any atom is 0.224 e. The first-order chi connectivity index (χ1) is 9.15. The van der Waals surface area contributed by atoms with Crippen LogP contribution in [0.4, 0.5) is 10.1 Å². The van der Waals surface area contributed by atoms with Crippen molar-refractivity contribution in [1.29, 1.82) is 0 Å². The van der Waals surface area contributed by atoms with Gasteiger partial charge in [-0.3, -0.25) is 4.79 Å². The minimum Gasteiger partial charge on any atom is -0.326 e. The summed E-state index contributed by atoms with van der Waals surface area (Å²) in [6.45, 7) is 2.17. The molecule has 2 nitrogen and oxygen atoms in total. The number of carbonyl (C=O) groups excluding carboxylic acids is 1. The van der Waals surface area contributed by atoms with Crippen LogP contribution in [0.3, 0.4) is 0 Å². The molecule has 0 heterocycles. The molecule has 19 heavy (non-hydrogen) atoms. The van der Waals surface area contributed by atoms with Gasteiger partial charge in [0.05, 0.1) is 0 Å². The third-order valence-corrected chi connectivity index (χ3v) is 4.09. The predicted molar refractivity (Wildman–Crippen MR) is 75.4 cm³/mol. The van der Waals surface area contributed by atoms with Crippen LogP contribution in [-0.4, -0.2) is 5.91 Å². The highest BCUT2D eigenvalue weighted by Gasteiger charge is 2.22. The summed E-state index contributed by atoms with van der Waals surface area (Å²) >= 11 is 0. The molecule has 1 aromatic rings. The molecule has 0 saturated heterocycles. The van der Waals surface area contributed by atoms with Gasteiger partial charge >= 0.3 is 0 Å². The predicted octanol–water partition coefficient (Wildman–Crippen LogP) is 4.37. The van der Waals surface area contributed by atoms with E-state index in [2.05, 4.69) is 12.2 Å². The highest BCUT2D eigenvalue weighted by Crippen LogP contribution is 2.31. The highest BCUT2D eigenvalue weighted by molar-refractivity contribution is 5.90. The molecule has 0 aromatic heterocycles. The van der Waals surface area contributed by atoms with Gasteiger partial charge in [-0.05, 0) is 36.1 Å². The Hall–Kier alpha value is -1.38. The van der Waals surface area contributed by atoms with E-state index >= 15 is 0 Å². The van der Waals surface area contributed by atoms with Gasteiger partial charge < -0.3 is 5.32 Å². The van der Waals surface area contributed by atoms with Gasteiger partial charge in [-0.25, -0.2) is 4.39 Å². The average molecular weight is 263 g/mol. The average Bonchev–Trinajstić information content (AvgIpc) is 2.42. The standard InChI is InChI=1S/C16H22FNO/c1-12(13-5-3-2-4-6-13)11-16(19)18-15-9-7-14(17)8-10-15/h7-10,12-13H,2-6,11H2,1H3,(H,18,19). The van der Waals surface area contributed by atoms with Crippen LogP contribution < -0.4 is 5.32 Å². The van der Waals surface area contributed by atoms with E-state index in [-0.39, 0.29) is 11.7 Å². The molecule has 1 amide bonds. The molecule has 0 spiro atoms. The summed E-state index contributed by atoms with van der Waals surface area (Å²) in [6.07, 6.45) is 7.01. The van der Waals surface area contributed by atoms with Crippen molar-refractivity contribution >= 4 is 11.6 Å². The molecule has 104 valence electrons. The van der Waals surface area contributed by atoms with E-state index in [0.29, 0.717) is 23.9 Å². The quantitative estimate of drug-likeness (QED) is 0.858. The van der Waals surface area contributed by atoms with Gasteiger partial charge in [-0.1, -0.05) is 39.0 Å². The van der Waals surface area contributed by atoms with E-state index in [4.69, 9.17) is 0 Å². The fourth-order valence-corrected chi connectivity index (χ4v) is 2.91. The molecule has 1 aliphatic rings. The van der Waals surface area contributed by atoms with Crippen molar-refractivity contribution in [3.63, 3.8) is 0 Å². The van der Waals surface area contributed by atoms with E-state index in [1.165, 1.54) is 44.2 Å². The minimum atomic E-state index is -0.284. The molecule has 1 N–H and O–H groups in total. The molecular formula is C16H22FNO. The van der Waals surface area contributed by atoms with Crippen molar-refractivity contribution < 1.29 is 9.18 Å². The second-order valence-electron chi connectivity index (χ2n) is 5.63. The third-order valence-electron chi connectivity index (χ3n) is 4.09. The number of anilines is 1. The molecule has 1 atom stereocenters. The topological polar surface area (TPSA) is 29.1 Å². The number of nitrogens with one attached hydrogen (secondary N) is 1. The lowest BCUT2D eigenvalue weighted by Crippen LogP contribution is -2.22. The van der Waals surface area contributed by atoms with Crippen molar-refractivity contribution in [3.05, 3.63) is 30.1 Å². The first-order valence-corrected chi connectivity index (χ1v) is 7.20. The molecular weight excluding hydrogens is 241 g/mol. The number of carbonyl (C=O) groups is 1. The Kier molecular flexibility index (Phi) is 4.94. The summed E-state index contributed by atoms with van der Waals surface area (Å²) in [7, 11) is 0. The molecule has 1 unspecified atom stereocenters. The molecule has 1 saturated carbocycles. The summed E-state index contributed by atoms with van der Waals surface area (Å²) < 4.78 is 12.8. The number of rotatable bonds is 4. The lowest BCUT2D eigenvalue weighted by molar-refractivity contribution is -0.117. The largest absolute Gasteiger partial charge is 0.326 e. The number of amides is 1. The summed E-state index contributed by atoms with van der Waals surface area (Å²) in [5.74, 6) is 0.867. The van der Waals surface area contributed by atoms with E-state index in [0.717, 1.165) is 0 Å². The van der Waals surface area contributed by atoms with Crippen LogP contribution in [0.25, 0.3) is 0 Å². The van der Waals surface area contributed by atoms with Gasteiger partial charge in [-0.15, -0.1) is 0 Å². The van der Waals surface area contributed by atoms with Crippen LogP contribution >= 0.6 is 0 Å². The van der Waals surface area contributed by atoms with E-state index < -0.39 is 0 Å². The Bertz CT molecular complexity index is 409. The normalized spacial score (nSPS) is 18.0. The Balaban J connectivity index is 1.81. The third kappa shape index (κ3) is 4.34. The molecule has 2 rings (SSSR count). The van der Waals surface area contributed by atoms with Gasteiger partial charge in [-0.2, -0.15) is 0 Å². The molecule has 3 heteroatoms. The molecule has 1 aliphatic carbocycles. The Morgan fingerprint density at radius 2 is 1.89 bits per heavy atom. The zero-order chi connectivity index (χ0) is 13.7. The maximum absolute atomic E-state index is 12.8. The van der Waals surface area contributed by atoms with Crippen molar-refractivity contribution in [2.24, 2.45) is 11.8 Å². The maximum atomic E-state index is 12.8. The SMILES string of the molecule is CC(CC(=O)Nc1ccc(F)cc1)C1CCCCC1. The Morgan fingerprint density at radius 1 is 1.26 bits per heavy atom. The van der Waals surface area contributed by atoms with Crippen LogP contribution in [0.5, 0.6) is 0 Å². The van der Waals surface area contributed by atoms with Gasteiger partial charge in [0.2, 0.25) is 5.91 Å². The van der Waals surface area contributed by atoms with Crippen LogP contribution in [0.1, 0.15) is 45.4 Å². The molecule has 1 fully saturated rings. The Morgan fingerprint density at radius 3 is 2.53 bits per heavy atom. The van der Waals surface area contributed by atoms with Crippen LogP contribution in [0.15, 0.2) is 24.3 Å². The molecule has 1 aromatic carbocycles. The molecule has 0 aliphatic heterocycles. The summed E-state index contributed by atoms with van der Waals surface area (Å²) in [5.41, 5.74) is 0.669. The second-order valence-corrected chi connectivity index (χ2v) is 5.63. The number of hydrogen-bond donors (Lipinski definition) is 1. The van der Waals surface area contributed by atoms with Crippen LogP contribution in [0, 0.1) is 17.7 Å². The second kappa shape index (κ2) is 6.69. The summed E-state index contributed by atoms with van der Waals surface area (Å²) in [4.78, 5) is 11.9. The molecule has 0 radical (unpaired) electrons. The van der Waals surface area contributed by atoms with Gasteiger partial charge in [0.15, 0.2) is 0 Å². The van der Waals surface area contributed by atoms with E-state index in [1.54, 1.807) is 12.1 Å². The van der Waals surface area contributed by atoms with Gasteiger partial charge in [0, 0.05) is 12.1 Å². The lowest BCUT2D eigenvalue weighted by Gasteiger charge is -2.27. The van der Waals surface area contributed by atoms with E-state index in [1.807, 2.05) is 0 Å². The zero-order valence-corrected chi connectivity index (χ0v) is 11.5. The highest BCUT2D eigenvalue weighted by atomic mass is 19.1. The first kappa shape index (κ1) is 14.0. The fraction of sp³-hybridized carbons (Fsp3) is 0.562. The molecule has 0 bridgehead atoms. The minimum absolute atomic E-state index is 0.0321. The van der Waals surface area contributed by atoms with Crippen LogP contribution in [0.2, 0.25) is 0 Å². The summed E-state index contributed by atoms with van der Waals surface area (Å²) in [5, 5.41) is 2.83. The Labute approximate surface area is 114 Å². The summed E-state index contributed by atoms with van der Waals surface area (Å²) in [6, 6.07) is 5.91. The van der Waals surface area contributed by atoms with Gasteiger partial charge in [0.1, 0.15) is 5.82 Å². The van der Waals surface area contributed by atoms with Crippen LogP contribution in [-0.2, 0) is 4.79 Å². The lowest BCUT2D eigenvalue weighted by atomic mass is 9.79. The zero-order valence-electron chi connectivity index (χ0n) is 11.5.